The summed E-state index contributed by atoms with van der Waals surface area (Å²) in [6.45, 7) is 5.69. The average molecular weight is 387 g/mol. The van der Waals surface area contributed by atoms with Crippen molar-refractivity contribution in [1.29, 1.82) is 0 Å². The summed E-state index contributed by atoms with van der Waals surface area (Å²) < 4.78 is 5.02. The fraction of sp³-hybridized carbons (Fsp3) is 0.571. The standard InChI is InChI=1S/C21H29N3O4/c1-3-24(17-8-6-5-7-9-17)19(26)21(12-13-21)18(25)22-16-10-14-23(15-11-16)20(27)28-4-2/h5-9,16H,3-4,10-15H2,1-2H3,(H,22,25). The fourth-order valence-electron chi connectivity index (χ4n) is 3.72. The number of nitrogens with one attached hydrogen (secondary N) is 1. The number of carbonyl (C=O) groups excluding carboxylic acids is 3. The minimum atomic E-state index is -0.940. The van der Waals surface area contributed by atoms with Crippen molar-refractivity contribution in [3.05, 3.63) is 30.3 Å². The van der Waals surface area contributed by atoms with E-state index >= 15 is 0 Å². The van der Waals surface area contributed by atoms with Crippen LogP contribution in [0, 0.1) is 5.41 Å². The van der Waals surface area contributed by atoms with Crippen LogP contribution < -0.4 is 10.2 Å². The largest absolute Gasteiger partial charge is 0.450 e. The fourth-order valence-corrected chi connectivity index (χ4v) is 3.72. The van der Waals surface area contributed by atoms with Crippen molar-refractivity contribution in [2.24, 2.45) is 5.41 Å². The van der Waals surface area contributed by atoms with Gasteiger partial charge in [-0.3, -0.25) is 9.59 Å². The lowest BCUT2D eigenvalue weighted by Gasteiger charge is -2.33. The molecule has 152 valence electrons. The summed E-state index contributed by atoms with van der Waals surface area (Å²) in [5.41, 5.74) is -0.124. The first kappa shape index (κ1) is 20.2. The van der Waals surface area contributed by atoms with Gasteiger partial charge >= 0.3 is 6.09 Å². The third-order valence-corrected chi connectivity index (χ3v) is 5.58. The molecule has 0 aromatic heterocycles. The molecule has 3 amide bonds. The number of para-hydroxylation sites is 1. The Bertz CT molecular complexity index is 710. The third kappa shape index (κ3) is 4.13. The lowest BCUT2D eigenvalue weighted by Crippen LogP contribution is -2.51. The number of rotatable bonds is 6. The minimum absolute atomic E-state index is 0.0183. The van der Waals surface area contributed by atoms with E-state index in [1.807, 2.05) is 37.3 Å². The zero-order valence-corrected chi connectivity index (χ0v) is 16.6. The number of hydrogen-bond donors (Lipinski definition) is 1. The number of nitrogens with zero attached hydrogens (tertiary/aromatic N) is 2. The van der Waals surface area contributed by atoms with Gasteiger partial charge in [-0.2, -0.15) is 0 Å². The molecule has 1 aliphatic carbocycles. The molecule has 1 aromatic rings. The molecule has 0 bridgehead atoms. The smallest absolute Gasteiger partial charge is 0.409 e. The van der Waals surface area contributed by atoms with Crippen molar-refractivity contribution in [2.45, 2.75) is 45.6 Å². The molecule has 0 atom stereocenters. The van der Waals surface area contributed by atoms with Crippen molar-refractivity contribution < 1.29 is 19.1 Å². The maximum atomic E-state index is 13.2. The van der Waals surface area contributed by atoms with Gasteiger partial charge in [-0.1, -0.05) is 18.2 Å². The molecule has 7 heteroatoms. The predicted molar refractivity (Wildman–Crippen MR) is 106 cm³/mol. The van der Waals surface area contributed by atoms with Gasteiger partial charge in [0.1, 0.15) is 5.41 Å². The predicted octanol–water partition coefficient (Wildman–Crippen LogP) is 2.56. The molecule has 1 saturated carbocycles. The van der Waals surface area contributed by atoms with Gasteiger partial charge in [0.25, 0.3) is 0 Å². The molecule has 1 N–H and O–H groups in total. The van der Waals surface area contributed by atoms with Gasteiger partial charge in [0, 0.05) is 31.4 Å². The van der Waals surface area contributed by atoms with Crippen LogP contribution in [0.3, 0.4) is 0 Å². The molecule has 2 fully saturated rings. The highest BCUT2D eigenvalue weighted by molar-refractivity contribution is 6.14. The van der Waals surface area contributed by atoms with E-state index in [1.165, 1.54) is 0 Å². The Kier molecular flexibility index (Phi) is 6.21. The van der Waals surface area contributed by atoms with E-state index in [2.05, 4.69) is 5.32 Å². The Morgan fingerprint density at radius 3 is 2.32 bits per heavy atom. The van der Waals surface area contributed by atoms with Crippen LogP contribution in [0.5, 0.6) is 0 Å². The summed E-state index contributed by atoms with van der Waals surface area (Å²) in [5, 5.41) is 3.06. The molecule has 1 aliphatic heterocycles. The summed E-state index contributed by atoms with van der Waals surface area (Å²) in [5.74, 6) is -0.302. The molecule has 1 saturated heterocycles. The van der Waals surface area contributed by atoms with Gasteiger partial charge in [-0.15, -0.1) is 0 Å². The zero-order valence-electron chi connectivity index (χ0n) is 16.6. The first-order valence-electron chi connectivity index (χ1n) is 10.1. The number of amides is 3. The number of carbonyl (C=O) groups is 3. The Labute approximate surface area is 166 Å². The number of piperidine rings is 1. The summed E-state index contributed by atoms with van der Waals surface area (Å²) in [4.78, 5) is 41.2. The molecule has 0 unspecified atom stereocenters. The molecule has 1 aromatic carbocycles. The second-order valence-corrected chi connectivity index (χ2v) is 7.40. The van der Waals surface area contributed by atoms with Crippen LogP contribution >= 0.6 is 0 Å². The Morgan fingerprint density at radius 2 is 1.79 bits per heavy atom. The highest BCUT2D eigenvalue weighted by Crippen LogP contribution is 2.48. The highest BCUT2D eigenvalue weighted by Gasteiger charge is 2.58. The lowest BCUT2D eigenvalue weighted by molar-refractivity contribution is -0.136. The molecule has 28 heavy (non-hydrogen) atoms. The maximum Gasteiger partial charge on any atom is 0.409 e. The van der Waals surface area contributed by atoms with Crippen molar-refractivity contribution in [1.82, 2.24) is 10.2 Å². The van der Waals surface area contributed by atoms with Gasteiger partial charge < -0.3 is 19.9 Å². The number of hydrogen-bond acceptors (Lipinski definition) is 4. The number of likely N-dealkylation sites (tertiary alicyclic amines) is 1. The first-order valence-corrected chi connectivity index (χ1v) is 10.1. The van der Waals surface area contributed by atoms with Gasteiger partial charge in [-0.25, -0.2) is 4.79 Å². The number of ether oxygens (including phenoxy) is 1. The highest BCUT2D eigenvalue weighted by atomic mass is 16.6. The van der Waals surface area contributed by atoms with Crippen molar-refractivity contribution in [3.63, 3.8) is 0 Å². The lowest BCUT2D eigenvalue weighted by atomic mass is 10.00. The summed E-state index contributed by atoms with van der Waals surface area (Å²) in [6.07, 6.45) is 2.21. The van der Waals surface area contributed by atoms with Crippen LogP contribution in [-0.2, 0) is 14.3 Å². The van der Waals surface area contributed by atoms with E-state index in [1.54, 1.807) is 16.7 Å². The Morgan fingerprint density at radius 1 is 1.14 bits per heavy atom. The van der Waals surface area contributed by atoms with Crippen LogP contribution in [0.4, 0.5) is 10.5 Å². The van der Waals surface area contributed by atoms with E-state index in [0.717, 1.165) is 5.69 Å². The third-order valence-electron chi connectivity index (χ3n) is 5.58. The van der Waals surface area contributed by atoms with Gasteiger partial charge in [-0.05, 0) is 51.7 Å². The summed E-state index contributed by atoms with van der Waals surface area (Å²) in [7, 11) is 0. The summed E-state index contributed by atoms with van der Waals surface area (Å²) >= 11 is 0. The van der Waals surface area contributed by atoms with E-state index < -0.39 is 5.41 Å². The molecule has 0 spiro atoms. The van der Waals surface area contributed by atoms with Gasteiger partial charge in [0.2, 0.25) is 11.8 Å². The van der Waals surface area contributed by atoms with Crippen LogP contribution in [0.2, 0.25) is 0 Å². The second kappa shape index (κ2) is 8.63. The second-order valence-electron chi connectivity index (χ2n) is 7.40. The van der Waals surface area contributed by atoms with Crippen molar-refractivity contribution >= 4 is 23.6 Å². The van der Waals surface area contributed by atoms with Gasteiger partial charge in [0.05, 0.1) is 6.61 Å². The van der Waals surface area contributed by atoms with Gasteiger partial charge in [0.15, 0.2) is 0 Å². The zero-order chi connectivity index (χ0) is 20.1. The SMILES string of the molecule is CCOC(=O)N1CCC(NC(=O)C2(C(=O)N(CC)c3ccccc3)CC2)CC1. The topological polar surface area (TPSA) is 79.0 Å². The van der Waals surface area contributed by atoms with E-state index in [4.69, 9.17) is 4.74 Å². The number of anilines is 1. The van der Waals surface area contributed by atoms with Crippen molar-refractivity contribution in [2.75, 3.05) is 31.1 Å². The van der Waals surface area contributed by atoms with Crippen LogP contribution in [-0.4, -0.2) is 55.1 Å². The van der Waals surface area contributed by atoms with Crippen LogP contribution in [0.15, 0.2) is 30.3 Å². The molecule has 1 heterocycles. The van der Waals surface area contributed by atoms with Crippen LogP contribution in [0.25, 0.3) is 0 Å². The normalized spacial score (nSPS) is 18.3. The average Bonchev–Trinajstić information content (AvgIpc) is 3.52. The van der Waals surface area contributed by atoms with E-state index in [-0.39, 0.29) is 23.9 Å². The van der Waals surface area contributed by atoms with Crippen molar-refractivity contribution in [3.8, 4) is 0 Å². The molecule has 7 nitrogen and oxygen atoms in total. The maximum absolute atomic E-state index is 13.2. The molecule has 0 radical (unpaired) electrons. The molecular weight excluding hydrogens is 358 g/mol. The first-order chi connectivity index (χ1) is 13.5. The minimum Gasteiger partial charge on any atom is -0.450 e. The monoisotopic (exact) mass is 387 g/mol. The van der Waals surface area contributed by atoms with E-state index in [9.17, 15) is 14.4 Å². The number of benzene rings is 1. The molecular formula is C21H29N3O4. The Hall–Kier alpha value is -2.57. The Balaban J connectivity index is 1.58. The molecule has 3 rings (SSSR count). The van der Waals surface area contributed by atoms with E-state index in [0.29, 0.717) is 51.9 Å². The van der Waals surface area contributed by atoms with Crippen LogP contribution in [0.1, 0.15) is 39.5 Å². The quantitative estimate of drug-likeness (QED) is 0.761. The molecule has 2 aliphatic rings. The summed E-state index contributed by atoms with van der Waals surface area (Å²) in [6, 6.07) is 9.45.